The average molecular weight is 414 g/mol. The number of aryl methyl sites for hydroxylation is 1. The number of nitrogens with zero attached hydrogens (tertiary/aromatic N) is 3. The smallest absolute Gasteiger partial charge is 0.260 e. The van der Waals surface area contributed by atoms with Gasteiger partial charge in [0.25, 0.3) is 5.56 Å². The molecule has 2 aromatic carbocycles. The third kappa shape index (κ3) is 3.52. The molecule has 0 saturated carbocycles. The van der Waals surface area contributed by atoms with E-state index < -0.39 is 0 Å². The molecule has 1 saturated heterocycles. The summed E-state index contributed by atoms with van der Waals surface area (Å²) in [4.78, 5) is 32.9. The normalized spacial score (nSPS) is 17.1. The highest BCUT2D eigenvalue weighted by atomic mass is 16.5. The van der Waals surface area contributed by atoms with Gasteiger partial charge in [-0.05, 0) is 54.4 Å². The SMILES string of the molecule is C[C@@H](Oc1cc(-c2ccc3c(=O)n(C)cnc3c2)cc2ncccc12)C1CNC(=O)C1. The lowest BCUT2D eigenvalue weighted by atomic mass is 10.0. The molecule has 1 amide bonds. The van der Waals surface area contributed by atoms with Gasteiger partial charge >= 0.3 is 0 Å². The number of hydrogen-bond acceptors (Lipinski definition) is 5. The summed E-state index contributed by atoms with van der Waals surface area (Å²) in [6.45, 7) is 2.62. The van der Waals surface area contributed by atoms with Crippen molar-refractivity contribution >= 4 is 27.7 Å². The van der Waals surface area contributed by atoms with Crippen LogP contribution in [0.4, 0.5) is 0 Å². The van der Waals surface area contributed by atoms with Crippen LogP contribution in [0.5, 0.6) is 5.75 Å². The van der Waals surface area contributed by atoms with Crippen molar-refractivity contribution < 1.29 is 9.53 Å². The quantitative estimate of drug-likeness (QED) is 0.555. The van der Waals surface area contributed by atoms with Crippen LogP contribution in [0.3, 0.4) is 0 Å². The first kappa shape index (κ1) is 19.2. The minimum atomic E-state index is -0.126. The van der Waals surface area contributed by atoms with Gasteiger partial charge < -0.3 is 14.6 Å². The fourth-order valence-electron chi connectivity index (χ4n) is 4.06. The Labute approximate surface area is 178 Å². The van der Waals surface area contributed by atoms with E-state index in [0.29, 0.717) is 23.9 Å². The lowest BCUT2D eigenvalue weighted by Gasteiger charge is -2.21. The molecule has 0 radical (unpaired) electrons. The first-order chi connectivity index (χ1) is 15.0. The van der Waals surface area contributed by atoms with Crippen LogP contribution in [0.2, 0.25) is 0 Å². The van der Waals surface area contributed by atoms with E-state index >= 15 is 0 Å². The Morgan fingerprint density at radius 3 is 2.68 bits per heavy atom. The maximum absolute atomic E-state index is 12.3. The number of pyridine rings is 1. The number of aromatic nitrogens is 3. The molecule has 5 rings (SSSR count). The Morgan fingerprint density at radius 1 is 1.06 bits per heavy atom. The topological polar surface area (TPSA) is 86.1 Å². The van der Waals surface area contributed by atoms with E-state index in [1.54, 1.807) is 13.2 Å². The van der Waals surface area contributed by atoms with Gasteiger partial charge in [0, 0.05) is 37.5 Å². The van der Waals surface area contributed by atoms with Crippen molar-refractivity contribution in [2.75, 3.05) is 6.54 Å². The van der Waals surface area contributed by atoms with Gasteiger partial charge in [0.2, 0.25) is 5.91 Å². The summed E-state index contributed by atoms with van der Waals surface area (Å²) in [6, 6.07) is 13.5. The van der Waals surface area contributed by atoms with Gasteiger partial charge in [-0.15, -0.1) is 0 Å². The molecule has 1 aliphatic rings. The maximum Gasteiger partial charge on any atom is 0.260 e. The molecule has 31 heavy (non-hydrogen) atoms. The molecule has 3 heterocycles. The lowest BCUT2D eigenvalue weighted by Crippen LogP contribution is -2.25. The number of hydrogen-bond donors (Lipinski definition) is 1. The van der Waals surface area contributed by atoms with Crippen molar-refractivity contribution in [1.82, 2.24) is 19.9 Å². The van der Waals surface area contributed by atoms with Crippen molar-refractivity contribution in [2.24, 2.45) is 13.0 Å². The second-order valence-electron chi connectivity index (χ2n) is 8.03. The van der Waals surface area contributed by atoms with E-state index in [0.717, 1.165) is 27.8 Å². The predicted octanol–water partition coefficient (Wildman–Crippen LogP) is 3.05. The molecule has 0 bridgehead atoms. The molecule has 0 aliphatic carbocycles. The van der Waals surface area contributed by atoms with Gasteiger partial charge in [0.15, 0.2) is 0 Å². The van der Waals surface area contributed by atoms with Crippen LogP contribution in [0.15, 0.2) is 59.8 Å². The van der Waals surface area contributed by atoms with Crippen LogP contribution < -0.4 is 15.6 Å². The minimum Gasteiger partial charge on any atom is -0.490 e. The summed E-state index contributed by atoms with van der Waals surface area (Å²) in [6.07, 6.45) is 3.63. The van der Waals surface area contributed by atoms with Crippen LogP contribution in [0.1, 0.15) is 13.3 Å². The molecule has 1 unspecified atom stereocenters. The van der Waals surface area contributed by atoms with Crippen molar-refractivity contribution in [3.8, 4) is 16.9 Å². The van der Waals surface area contributed by atoms with Gasteiger partial charge in [0.05, 0.1) is 22.7 Å². The van der Waals surface area contributed by atoms with Crippen molar-refractivity contribution in [3.63, 3.8) is 0 Å². The molecule has 7 nitrogen and oxygen atoms in total. The number of nitrogens with one attached hydrogen (secondary N) is 1. The van der Waals surface area contributed by atoms with Crippen LogP contribution >= 0.6 is 0 Å². The van der Waals surface area contributed by atoms with E-state index in [1.165, 1.54) is 10.9 Å². The van der Waals surface area contributed by atoms with E-state index in [4.69, 9.17) is 4.74 Å². The predicted molar refractivity (Wildman–Crippen MR) is 119 cm³/mol. The number of amides is 1. The van der Waals surface area contributed by atoms with Crippen molar-refractivity contribution in [2.45, 2.75) is 19.4 Å². The Kier molecular flexibility index (Phi) is 4.66. The van der Waals surface area contributed by atoms with E-state index in [9.17, 15) is 9.59 Å². The summed E-state index contributed by atoms with van der Waals surface area (Å²) in [5.41, 5.74) is 3.25. The summed E-state index contributed by atoms with van der Waals surface area (Å²) < 4.78 is 7.81. The van der Waals surface area contributed by atoms with Gasteiger partial charge in [-0.1, -0.05) is 6.07 Å². The molecule has 2 atom stereocenters. The van der Waals surface area contributed by atoms with Gasteiger partial charge in [-0.3, -0.25) is 14.6 Å². The van der Waals surface area contributed by atoms with Crippen LogP contribution in [-0.4, -0.2) is 33.1 Å². The number of ether oxygens (including phenoxy) is 1. The highest BCUT2D eigenvalue weighted by molar-refractivity contribution is 5.92. The van der Waals surface area contributed by atoms with E-state index in [2.05, 4.69) is 15.3 Å². The summed E-state index contributed by atoms with van der Waals surface area (Å²) in [7, 11) is 1.69. The summed E-state index contributed by atoms with van der Waals surface area (Å²) in [5, 5.41) is 4.37. The molecular weight excluding hydrogens is 392 g/mol. The molecule has 4 aromatic rings. The molecular formula is C24H22N4O3. The van der Waals surface area contributed by atoms with Gasteiger partial charge in [0.1, 0.15) is 11.9 Å². The van der Waals surface area contributed by atoms with Crippen LogP contribution in [0, 0.1) is 5.92 Å². The Balaban J connectivity index is 1.58. The molecule has 2 aromatic heterocycles. The number of carbonyl (C=O) groups is 1. The number of rotatable bonds is 4. The van der Waals surface area contributed by atoms with Crippen molar-refractivity contribution in [1.29, 1.82) is 0 Å². The van der Waals surface area contributed by atoms with E-state index in [1.807, 2.05) is 49.4 Å². The third-order valence-electron chi connectivity index (χ3n) is 5.92. The van der Waals surface area contributed by atoms with Crippen LogP contribution in [0.25, 0.3) is 32.9 Å². The molecule has 7 heteroatoms. The second-order valence-corrected chi connectivity index (χ2v) is 8.03. The largest absolute Gasteiger partial charge is 0.490 e. The standard InChI is InChI=1S/C24H22N4O3/c1-14(17-11-23(29)26-12-17)31-22-10-16(9-20-18(22)4-3-7-25-20)15-5-6-19-21(8-15)27-13-28(2)24(19)30/h3-10,13-14,17H,11-12H2,1-2H3,(H,26,29)/t14-,17?/m1/s1. The molecule has 0 spiro atoms. The summed E-state index contributed by atoms with van der Waals surface area (Å²) in [5.74, 6) is 0.920. The van der Waals surface area contributed by atoms with Gasteiger partial charge in [-0.25, -0.2) is 4.98 Å². The fourth-order valence-corrected chi connectivity index (χ4v) is 4.06. The summed E-state index contributed by atoms with van der Waals surface area (Å²) >= 11 is 0. The Hall–Kier alpha value is -3.74. The number of fused-ring (bicyclic) bond motifs is 2. The minimum absolute atomic E-state index is 0.0653. The zero-order valence-electron chi connectivity index (χ0n) is 17.3. The molecule has 1 N–H and O–H groups in total. The average Bonchev–Trinajstić information content (AvgIpc) is 3.22. The second kappa shape index (κ2) is 7.50. The van der Waals surface area contributed by atoms with Gasteiger partial charge in [-0.2, -0.15) is 0 Å². The first-order valence-electron chi connectivity index (χ1n) is 10.3. The monoisotopic (exact) mass is 414 g/mol. The number of carbonyl (C=O) groups excluding carboxylic acids is 1. The first-order valence-corrected chi connectivity index (χ1v) is 10.3. The van der Waals surface area contributed by atoms with Crippen LogP contribution in [-0.2, 0) is 11.8 Å². The fraction of sp³-hybridized carbons (Fsp3) is 0.250. The maximum atomic E-state index is 12.3. The Bertz CT molecular complexity index is 1380. The zero-order valence-corrected chi connectivity index (χ0v) is 17.3. The third-order valence-corrected chi connectivity index (χ3v) is 5.92. The lowest BCUT2D eigenvalue weighted by molar-refractivity contribution is -0.119. The zero-order chi connectivity index (χ0) is 21.5. The molecule has 156 valence electrons. The van der Waals surface area contributed by atoms with Crippen molar-refractivity contribution in [3.05, 3.63) is 65.3 Å². The number of benzene rings is 2. The molecule has 1 fully saturated rings. The Morgan fingerprint density at radius 2 is 1.87 bits per heavy atom. The highest BCUT2D eigenvalue weighted by Gasteiger charge is 2.28. The molecule has 1 aliphatic heterocycles. The van der Waals surface area contributed by atoms with E-state index in [-0.39, 0.29) is 23.5 Å². The highest BCUT2D eigenvalue weighted by Crippen LogP contribution is 2.34.